The number of hydrogen-bond donors (Lipinski definition) is 0. The van der Waals surface area contributed by atoms with Gasteiger partial charge in [0.2, 0.25) is 10.7 Å². The lowest BCUT2D eigenvalue weighted by atomic mass is 9.98. The fourth-order valence-electron chi connectivity index (χ4n) is 1.51. The summed E-state index contributed by atoms with van der Waals surface area (Å²) in [4.78, 5) is 13.8. The van der Waals surface area contributed by atoms with E-state index in [2.05, 4.69) is 36.3 Å². The van der Waals surface area contributed by atoms with Crippen LogP contribution < -0.4 is 4.98 Å². The topological polar surface area (TPSA) is 43.6 Å². The summed E-state index contributed by atoms with van der Waals surface area (Å²) in [5, 5.41) is 6.23. The maximum atomic E-state index is 10.3. The molecule has 0 saturated carbocycles. The third-order valence-corrected chi connectivity index (χ3v) is 3.81. The van der Waals surface area contributed by atoms with Crippen LogP contribution in [0.25, 0.3) is 11.3 Å². The number of H-pyrrole nitrogens is 1. The Labute approximate surface area is 105 Å². The molecule has 0 atom stereocenters. The van der Waals surface area contributed by atoms with Crippen molar-refractivity contribution in [2.24, 2.45) is 5.18 Å². The summed E-state index contributed by atoms with van der Waals surface area (Å²) < 4.78 is 0. The van der Waals surface area contributed by atoms with Crippen molar-refractivity contribution in [3.05, 3.63) is 39.6 Å². The average Bonchev–Trinajstić information content (AvgIpc) is 2.78. The van der Waals surface area contributed by atoms with E-state index in [9.17, 15) is 4.91 Å². The van der Waals surface area contributed by atoms with E-state index in [-0.39, 0.29) is 5.41 Å². The van der Waals surface area contributed by atoms with Gasteiger partial charge in [0.05, 0.1) is 10.8 Å². The molecule has 0 bridgehead atoms. The number of nitrogens with one attached hydrogen (secondary N) is 1. The van der Waals surface area contributed by atoms with Gasteiger partial charge in [-0.05, 0) is 50.2 Å². The summed E-state index contributed by atoms with van der Waals surface area (Å²) in [5.41, 5.74) is 2.74. The summed E-state index contributed by atoms with van der Waals surface area (Å²) in [7, 11) is 0. The molecule has 88 valence electrons. The highest BCUT2D eigenvalue weighted by atomic mass is 32.1. The summed E-state index contributed by atoms with van der Waals surface area (Å²) in [6.07, 6.45) is 0. The van der Waals surface area contributed by atoms with E-state index in [4.69, 9.17) is 0 Å². The van der Waals surface area contributed by atoms with Crippen molar-refractivity contribution in [2.45, 2.75) is 26.2 Å². The van der Waals surface area contributed by atoms with E-state index in [0.717, 1.165) is 11.3 Å². The number of benzene rings is 1. The van der Waals surface area contributed by atoms with Crippen LogP contribution in [0, 0.1) is 4.91 Å². The quantitative estimate of drug-likeness (QED) is 0.741. The van der Waals surface area contributed by atoms with Gasteiger partial charge in [-0.25, -0.2) is 0 Å². The molecule has 0 fully saturated rings. The molecule has 2 aromatic rings. The van der Waals surface area contributed by atoms with Crippen LogP contribution in [-0.2, 0) is 5.41 Å². The molecule has 1 aromatic carbocycles. The average molecular weight is 247 g/mol. The third kappa shape index (κ3) is 2.58. The van der Waals surface area contributed by atoms with Gasteiger partial charge in [-0.15, -0.1) is 4.91 Å². The summed E-state index contributed by atoms with van der Waals surface area (Å²) in [5.74, 6) is 0. The van der Waals surface area contributed by atoms with Crippen LogP contribution in [0.2, 0.25) is 0 Å². The highest BCUT2D eigenvalue weighted by Gasteiger charge is 2.24. The van der Waals surface area contributed by atoms with Gasteiger partial charge in [0, 0.05) is 5.56 Å². The van der Waals surface area contributed by atoms with Crippen molar-refractivity contribution in [1.29, 1.82) is 0 Å². The second-order valence-electron chi connectivity index (χ2n) is 4.99. The molecule has 0 aliphatic rings. The zero-order valence-electron chi connectivity index (χ0n) is 10.2. The highest BCUT2D eigenvalue weighted by molar-refractivity contribution is 7.09. The van der Waals surface area contributed by atoms with E-state index >= 15 is 0 Å². The largest absolute Gasteiger partial charge is 0.241 e. The van der Waals surface area contributed by atoms with Gasteiger partial charge in [-0.3, -0.25) is 0 Å². The van der Waals surface area contributed by atoms with Crippen LogP contribution in [0.4, 0.5) is 5.69 Å². The first kappa shape index (κ1) is 11.9. The molecule has 0 unspecified atom stereocenters. The first-order valence-corrected chi connectivity index (χ1v) is 6.34. The van der Waals surface area contributed by atoms with Gasteiger partial charge in [-0.2, -0.15) is 4.98 Å². The van der Waals surface area contributed by atoms with E-state index < -0.39 is 0 Å². The molecule has 3 nitrogen and oxygen atoms in total. The van der Waals surface area contributed by atoms with E-state index in [1.165, 1.54) is 5.01 Å². The molecule has 1 N–H and O–H groups in total. The fraction of sp³-hybridized carbons (Fsp3) is 0.308. The van der Waals surface area contributed by atoms with Crippen LogP contribution in [0.1, 0.15) is 25.8 Å². The number of thiazole rings is 1. The van der Waals surface area contributed by atoms with Crippen molar-refractivity contribution in [3.8, 4) is 11.3 Å². The Morgan fingerprint density at radius 2 is 1.82 bits per heavy atom. The molecule has 0 aliphatic heterocycles. The number of aromatic amines is 1. The lowest BCUT2D eigenvalue weighted by Gasteiger charge is -2.08. The number of nitrogens with zero attached hydrogens (tertiary/aromatic N) is 1. The standard InChI is InChI=1S/C13H14N2OS/c1-13(2,3)12-14-11(8-17-12)9-4-6-10(15-16)7-5-9/h4-8H,1-3H3/p+1. The minimum absolute atomic E-state index is 0.132. The van der Waals surface area contributed by atoms with Crippen LogP contribution in [0.3, 0.4) is 0 Å². The van der Waals surface area contributed by atoms with Crippen molar-refractivity contribution < 1.29 is 4.98 Å². The molecular formula is C13H15N2OS+. The molecule has 0 saturated heterocycles. The second-order valence-corrected chi connectivity index (χ2v) is 5.87. The van der Waals surface area contributed by atoms with Crippen LogP contribution in [0.5, 0.6) is 0 Å². The lowest BCUT2D eigenvalue weighted by molar-refractivity contribution is -0.375. The predicted octanol–water partition coefficient (Wildman–Crippen LogP) is 3.92. The zero-order chi connectivity index (χ0) is 12.5. The Bertz CT molecular complexity index is 523. The van der Waals surface area contributed by atoms with E-state index in [0.29, 0.717) is 5.69 Å². The number of nitroso groups, excluding NO2 is 1. The maximum Gasteiger partial charge on any atom is 0.241 e. The van der Waals surface area contributed by atoms with Crippen molar-refractivity contribution >= 4 is 17.0 Å². The van der Waals surface area contributed by atoms with Crippen molar-refractivity contribution in [1.82, 2.24) is 0 Å². The minimum Gasteiger partial charge on any atom is -0.198 e. The molecule has 17 heavy (non-hydrogen) atoms. The zero-order valence-corrected chi connectivity index (χ0v) is 11.0. The molecule has 2 rings (SSSR count). The second kappa shape index (κ2) is 4.37. The molecule has 1 aromatic heterocycles. The molecule has 0 radical (unpaired) electrons. The molecule has 1 heterocycles. The van der Waals surface area contributed by atoms with Gasteiger partial charge < -0.3 is 0 Å². The number of aromatic nitrogens is 1. The van der Waals surface area contributed by atoms with E-state index in [1.807, 2.05) is 12.1 Å². The monoisotopic (exact) mass is 247 g/mol. The highest BCUT2D eigenvalue weighted by Crippen LogP contribution is 2.27. The summed E-state index contributed by atoms with van der Waals surface area (Å²) >= 11 is 1.72. The van der Waals surface area contributed by atoms with Crippen molar-refractivity contribution in [2.75, 3.05) is 0 Å². The van der Waals surface area contributed by atoms with Gasteiger partial charge in [-0.1, -0.05) is 11.3 Å². The van der Waals surface area contributed by atoms with Crippen LogP contribution in [0.15, 0.2) is 34.8 Å². The smallest absolute Gasteiger partial charge is 0.198 e. The van der Waals surface area contributed by atoms with Gasteiger partial charge in [0.25, 0.3) is 0 Å². The molecule has 0 aliphatic carbocycles. The Hall–Kier alpha value is -1.55. The Morgan fingerprint density at radius 1 is 1.18 bits per heavy atom. The minimum atomic E-state index is 0.132. The first-order chi connectivity index (χ1) is 8.00. The third-order valence-electron chi connectivity index (χ3n) is 2.51. The number of rotatable bonds is 2. The summed E-state index contributed by atoms with van der Waals surface area (Å²) in [6.45, 7) is 6.54. The van der Waals surface area contributed by atoms with Gasteiger partial charge in [0.15, 0.2) is 0 Å². The fourth-order valence-corrected chi connectivity index (χ4v) is 2.46. The maximum absolute atomic E-state index is 10.3. The van der Waals surface area contributed by atoms with Gasteiger partial charge >= 0.3 is 0 Å². The predicted molar refractivity (Wildman–Crippen MR) is 70.5 cm³/mol. The van der Waals surface area contributed by atoms with Gasteiger partial charge in [0.1, 0.15) is 5.69 Å². The Morgan fingerprint density at radius 3 is 2.29 bits per heavy atom. The number of hydrogen-bond acceptors (Lipinski definition) is 3. The van der Waals surface area contributed by atoms with Crippen LogP contribution >= 0.6 is 11.3 Å². The molecule has 4 heteroatoms. The Kier molecular flexibility index (Phi) is 3.07. The molecule has 0 amide bonds. The normalized spacial score (nSPS) is 11.5. The van der Waals surface area contributed by atoms with Crippen molar-refractivity contribution in [3.63, 3.8) is 0 Å². The molecule has 0 spiro atoms. The first-order valence-electron chi connectivity index (χ1n) is 5.46. The lowest BCUT2D eigenvalue weighted by Crippen LogP contribution is -2.21. The Balaban J connectivity index is 2.33. The van der Waals surface area contributed by atoms with Crippen LogP contribution in [-0.4, -0.2) is 0 Å². The molecular weight excluding hydrogens is 232 g/mol. The SMILES string of the molecule is CC(C)(C)c1[nH+]c(-c2ccc(N=O)cc2)cs1. The summed E-state index contributed by atoms with van der Waals surface area (Å²) in [6, 6.07) is 7.26. The van der Waals surface area contributed by atoms with E-state index in [1.54, 1.807) is 23.5 Å².